The van der Waals surface area contributed by atoms with Crippen LogP contribution in [0.5, 0.6) is 5.75 Å². The molecule has 0 aliphatic heterocycles. The van der Waals surface area contributed by atoms with Crippen LogP contribution >= 0.6 is 0 Å². The van der Waals surface area contributed by atoms with Crippen molar-refractivity contribution in [3.05, 3.63) is 23.8 Å². The van der Waals surface area contributed by atoms with Gasteiger partial charge < -0.3 is 21.1 Å². The van der Waals surface area contributed by atoms with Gasteiger partial charge in [0.2, 0.25) is 11.8 Å². The zero-order valence-electron chi connectivity index (χ0n) is 12.6. The molecular formula is C14H19F2N3O3. The molecule has 0 bridgehead atoms. The number of carbonyl (C=O) groups excluding carboxylic acids is 2. The Kier molecular flexibility index (Phi) is 6.24. The van der Waals surface area contributed by atoms with Crippen molar-refractivity contribution in [3.8, 4) is 5.75 Å². The molecule has 0 aliphatic carbocycles. The molecule has 0 spiro atoms. The maximum atomic E-state index is 13.6. The first-order valence-corrected chi connectivity index (χ1v) is 6.62. The van der Waals surface area contributed by atoms with Crippen molar-refractivity contribution >= 4 is 17.5 Å². The van der Waals surface area contributed by atoms with Crippen LogP contribution in [0.1, 0.15) is 13.8 Å². The highest BCUT2D eigenvalue weighted by atomic mass is 19.1. The van der Waals surface area contributed by atoms with E-state index in [4.69, 9.17) is 5.73 Å². The quantitative estimate of drug-likeness (QED) is 0.730. The minimum atomic E-state index is -0.850. The fraction of sp³-hybridized carbons (Fsp3) is 0.429. The number of nitrogens with one attached hydrogen (secondary N) is 2. The van der Waals surface area contributed by atoms with Gasteiger partial charge in [-0.05, 0) is 5.92 Å². The molecule has 0 saturated carbocycles. The number of carbonyl (C=O) groups is 2. The fourth-order valence-electron chi connectivity index (χ4n) is 1.56. The van der Waals surface area contributed by atoms with Gasteiger partial charge in [0, 0.05) is 12.1 Å². The maximum Gasteiger partial charge on any atom is 0.243 e. The molecule has 0 unspecified atom stereocenters. The van der Waals surface area contributed by atoms with E-state index in [1.165, 1.54) is 7.11 Å². The van der Waals surface area contributed by atoms with Crippen LogP contribution in [0.3, 0.4) is 0 Å². The van der Waals surface area contributed by atoms with Crippen molar-refractivity contribution < 1.29 is 23.1 Å². The number of nitrogens with two attached hydrogens (primary N) is 1. The highest BCUT2D eigenvalue weighted by molar-refractivity contribution is 5.95. The molecule has 0 aliphatic rings. The summed E-state index contributed by atoms with van der Waals surface area (Å²) in [4.78, 5) is 23.2. The number of anilines is 1. The predicted molar refractivity (Wildman–Crippen MR) is 77.4 cm³/mol. The number of hydrogen-bond acceptors (Lipinski definition) is 4. The van der Waals surface area contributed by atoms with Gasteiger partial charge in [0.05, 0.1) is 25.4 Å². The zero-order chi connectivity index (χ0) is 16.9. The molecule has 2 amide bonds. The van der Waals surface area contributed by atoms with Gasteiger partial charge in [0.1, 0.15) is 0 Å². The summed E-state index contributed by atoms with van der Waals surface area (Å²) >= 11 is 0. The molecule has 0 heterocycles. The van der Waals surface area contributed by atoms with Crippen LogP contribution in [0.15, 0.2) is 12.1 Å². The molecule has 8 heteroatoms. The Bertz CT molecular complexity index is 565. The van der Waals surface area contributed by atoms with Crippen LogP contribution in [-0.4, -0.2) is 31.5 Å². The van der Waals surface area contributed by atoms with Gasteiger partial charge in [-0.2, -0.15) is 0 Å². The van der Waals surface area contributed by atoms with Crippen molar-refractivity contribution in [1.82, 2.24) is 5.32 Å². The van der Waals surface area contributed by atoms with E-state index in [0.29, 0.717) is 0 Å². The van der Waals surface area contributed by atoms with Crippen molar-refractivity contribution in [2.45, 2.75) is 19.9 Å². The van der Waals surface area contributed by atoms with Gasteiger partial charge in [-0.3, -0.25) is 9.59 Å². The highest BCUT2D eigenvalue weighted by Crippen LogP contribution is 2.24. The molecule has 0 radical (unpaired) electrons. The molecule has 22 heavy (non-hydrogen) atoms. The van der Waals surface area contributed by atoms with Gasteiger partial charge in [-0.15, -0.1) is 0 Å². The summed E-state index contributed by atoms with van der Waals surface area (Å²) in [6.07, 6.45) is 0. The molecule has 1 atom stereocenters. The van der Waals surface area contributed by atoms with Crippen LogP contribution in [-0.2, 0) is 9.59 Å². The predicted octanol–water partition coefficient (Wildman–Crippen LogP) is 1.01. The molecule has 0 fully saturated rings. The molecule has 4 N–H and O–H groups in total. The number of amides is 2. The summed E-state index contributed by atoms with van der Waals surface area (Å²) in [6.45, 7) is 3.13. The Balaban J connectivity index is 2.63. The van der Waals surface area contributed by atoms with E-state index in [9.17, 15) is 18.4 Å². The van der Waals surface area contributed by atoms with E-state index >= 15 is 0 Å². The number of methoxy groups -OCH3 is 1. The van der Waals surface area contributed by atoms with Crippen LogP contribution < -0.4 is 21.1 Å². The van der Waals surface area contributed by atoms with Gasteiger partial charge >= 0.3 is 0 Å². The van der Waals surface area contributed by atoms with Crippen molar-refractivity contribution in [1.29, 1.82) is 0 Å². The Hall–Kier alpha value is -2.22. The second-order valence-corrected chi connectivity index (χ2v) is 5.00. The van der Waals surface area contributed by atoms with Crippen LogP contribution in [0.4, 0.5) is 14.5 Å². The van der Waals surface area contributed by atoms with Crippen LogP contribution in [0.25, 0.3) is 0 Å². The van der Waals surface area contributed by atoms with Gasteiger partial charge in [-0.25, -0.2) is 8.78 Å². The van der Waals surface area contributed by atoms with E-state index in [2.05, 4.69) is 15.4 Å². The maximum absolute atomic E-state index is 13.6. The van der Waals surface area contributed by atoms with E-state index in [0.717, 1.165) is 12.1 Å². The number of ether oxygens (including phenoxy) is 1. The molecule has 0 saturated heterocycles. The van der Waals surface area contributed by atoms with Crippen LogP contribution in [0.2, 0.25) is 0 Å². The second kappa shape index (κ2) is 7.69. The zero-order valence-corrected chi connectivity index (χ0v) is 12.6. The topological polar surface area (TPSA) is 93.5 Å². The van der Waals surface area contributed by atoms with E-state index in [1.807, 2.05) is 0 Å². The third-order valence-corrected chi connectivity index (χ3v) is 2.96. The second-order valence-electron chi connectivity index (χ2n) is 5.00. The van der Waals surface area contributed by atoms with Crippen molar-refractivity contribution in [3.63, 3.8) is 0 Å². The lowest BCUT2D eigenvalue weighted by Crippen LogP contribution is -2.46. The summed E-state index contributed by atoms with van der Waals surface area (Å²) in [5.74, 6) is -3.22. The average molecular weight is 315 g/mol. The standard InChI is InChI=1S/C14H19F2N3O3/c1-7(2)13(17)14(21)18-6-12(20)19-10-4-9(16)11(22-3)5-8(10)15/h4-5,7,13H,6,17H2,1-3H3,(H,18,21)(H,19,20)/t13-/m0/s1. The average Bonchev–Trinajstić information content (AvgIpc) is 2.47. The highest BCUT2D eigenvalue weighted by Gasteiger charge is 2.18. The lowest BCUT2D eigenvalue weighted by Gasteiger charge is -2.15. The Morgan fingerprint density at radius 2 is 1.91 bits per heavy atom. The number of halogens is 2. The normalized spacial score (nSPS) is 12.0. The first-order chi connectivity index (χ1) is 10.3. The number of rotatable bonds is 6. The van der Waals surface area contributed by atoms with Crippen LogP contribution in [0, 0.1) is 17.6 Å². The molecule has 1 aromatic rings. The molecule has 1 rings (SSSR count). The number of benzene rings is 1. The molecule has 122 valence electrons. The smallest absolute Gasteiger partial charge is 0.243 e. The Morgan fingerprint density at radius 1 is 1.27 bits per heavy atom. The summed E-state index contributed by atoms with van der Waals surface area (Å²) < 4.78 is 31.7. The molecule has 0 aromatic heterocycles. The fourth-order valence-corrected chi connectivity index (χ4v) is 1.56. The minimum absolute atomic E-state index is 0.0869. The van der Waals surface area contributed by atoms with Gasteiger partial charge in [0.15, 0.2) is 17.4 Å². The third kappa shape index (κ3) is 4.66. The van der Waals surface area contributed by atoms with E-state index in [1.54, 1.807) is 13.8 Å². The summed E-state index contributed by atoms with van der Waals surface area (Å²) in [7, 11) is 1.20. The Morgan fingerprint density at radius 3 is 2.45 bits per heavy atom. The SMILES string of the molecule is COc1cc(F)c(NC(=O)CNC(=O)[C@@H](N)C(C)C)cc1F. The van der Waals surface area contributed by atoms with E-state index < -0.39 is 36.0 Å². The van der Waals surface area contributed by atoms with Gasteiger partial charge in [0.25, 0.3) is 0 Å². The van der Waals surface area contributed by atoms with E-state index in [-0.39, 0.29) is 17.4 Å². The lowest BCUT2D eigenvalue weighted by atomic mass is 10.1. The van der Waals surface area contributed by atoms with Gasteiger partial charge in [-0.1, -0.05) is 13.8 Å². The molecular weight excluding hydrogens is 296 g/mol. The Labute approximate surface area is 127 Å². The van der Waals surface area contributed by atoms with Crippen molar-refractivity contribution in [2.75, 3.05) is 19.0 Å². The largest absolute Gasteiger partial charge is 0.494 e. The first kappa shape index (κ1) is 17.8. The monoisotopic (exact) mass is 315 g/mol. The molecule has 1 aromatic carbocycles. The minimum Gasteiger partial charge on any atom is -0.494 e. The molecule has 6 nitrogen and oxygen atoms in total. The first-order valence-electron chi connectivity index (χ1n) is 6.62. The summed E-state index contributed by atoms with van der Waals surface area (Å²) in [6, 6.07) is 0.870. The van der Waals surface area contributed by atoms with Crippen molar-refractivity contribution in [2.24, 2.45) is 11.7 Å². The lowest BCUT2D eigenvalue weighted by molar-refractivity contribution is -0.125. The summed E-state index contributed by atoms with van der Waals surface area (Å²) in [5, 5.41) is 4.48. The number of hydrogen-bond donors (Lipinski definition) is 3. The third-order valence-electron chi connectivity index (χ3n) is 2.96. The summed E-state index contributed by atoms with van der Waals surface area (Å²) in [5.41, 5.74) is 5.27.